The van der Waals surface area contributed by atoms with Crippen LogP contribution >= 0.6 is 0 Å². The minimum atomic E-state index is 0.154. The molecule has 2 nitrogen and oxygen atoms in total. The zero-order valence-electron chi connectivity index (χ0n) is 8.40. The third kappa shape index (κ3) is 1.94. The smallest absolute Gasteiger partial charge is 0.161 e. The summed E-state index contributed by atoms with van der Waals surface area (Å²) in [5.74, 6) is 0.637. The van der Waals surface area contributed by atoms with Gasteiger partial charge in [-0.3, -0.25) is 0 Å². The minimum absolute atomic E-state index is 0.154. The second-order valence-electron chi connectivity index (χ2n) is 3.18. The zero-order valence-corrected chi connectivity index (χ0v) is 8.40. The molecule has 0 spiro atoms. The quantitative estimate of drug-likeness (QED) is 0.805. The predicted octanol–water partition coefficient (Wildman–Crippen LogP) is 2.87. The van der Waals surface area contributed by atoms with E-state index in [1.54, 1.807) is 12.1 Å². The maximum Gasteiger partial charge on any atom is 0.161 e. The summed E-state index contributed by atoms with van der Waals surface area (Å²) in [4.78, 5) is 0. The summed E-state index contributed by atoms with van der Waals surface area (Å²) < 4.78 is 5.05. The van der Waals surface area contributed by atoms with Crippen LogP contribution in [0.15, 0.2) is 42.5 Å². The number of ether oxygens (including phenoxy) is 1. The second-order valence-corrected chi connectivity index (χ2v) is 3.18. The maximum atomic E-state index is 9.45. The lowest BCUT2D eigenvalue weighted by molar-refractivity contribution is 0.373. The largest absolute Gasteiger partial charge is 0.504 e. The first-order chi connectivity index (χ1) is 7.31. The standard InChI is InChI=1S/C13H11O2/c1-15-13-9-11(7-8-12(13)14)10-5-3-2-4-6-10/h2-3,5-9,14H,1H3. The monoisotopic (exact) mass is 199 g/mol. The number of hydrogen-bond acceptors (Lipinski definition) is 2. The number of rotatable bonds is 2. The Morgan fingerprint density at radius 2 is 2.07 bits per heavy atom. The van der Waals surface area contributed by atoms with Crippen molar-refractivity contribution >= 4 is 0 Å². The van der Waals surface area contributed by atoms with Crippen molar-refractivity contribution in [3.8, 4) is 22.6 Å². The van der Waals surface area contributed by atoms with E-state index in [-0.39, 0.29) is 5.75 Å². The van der Waals surface area contributed by atoms with E-state index in [2.05, 4.69) is 6.07 Å². The summed E-state index contributed by atoms with van der Waals surface area (Å²) in [6.07, 6.45) is 0. The Morgan fingerprint density at radius 3 is 2.73 bits per heavy atom. The first kappa shape index (κ1) is 9.59. The molecule has 0 aliphatic rings. The Labute approximate surface area is 88.8 Å². The molecule has 2 heteroatoms. The van der Waals surface area contributed by atoms with Crippen LogP contribution in [0.1, 0.15) is 0 Å². The number of hydrogen-bond donors (Lipinski definition) is 1. The number of benzene rings is 2. The van der Waals surface area contributed by atoms with Gasteiger partial charge in [-0.1, -0.05) is 24.3 Å². The highest BCUT2D eigenvalue weighted by atomic mass is 16.5. The minimum Gasteiger partial charge on any atom is -0.504 e. The molecule has 1 N–H and O–H groups in total. The van der Waals surface area contributed by atoms with Crippen LogP contribution in [0.5, 0.6) is 11.5 Å². The van der Waals surface area contributed by atoms with Gasteiger partial charge in [0.25, 0.3) is 0 Å². The molecule has 0 amide bonds. The molecule has 2 rings (SSSR count). The van der Waals surface area contributed by atoms with Gasteiger partial charge in [-0.2, -0.15) is 0 Å². The summed E-state index contributed by atoms with van der Waals surface area (Å²) in [6, 6.07) is 15.9. The molecule has 0 fully saturated rings. The SMILES string of the molecule is COc1cc(-c2c[c]ccc2)ccc1O. The van der Waals surface area contributed by atoms with Crippen molar-refractivity contribution in [2.45, 2.75) is 0 Å². The van der Waals surface area contributed by atoms with Gasteiger partial charge in [-0.15, -0.1) is 0 Å². The summed E-state index contributed by atoms with van der Waals surface area (Å²) in [5, 5.41) is 9.45. The Bertz CT molecular complexity index is 449. The highest BCUT2D eigenvalue weighted by molar-refractivity contribution is 5.66. The van der Waals surface area contributed by atoms with Gasteiger partial charge < -0.3 is 9.84 Å². The fourth-order valence-corrected chi connectivity index (χ4v) is 1.43. The highest BCUT2D eigenvalue weighted by Crippen LogP contribution is 2.30. The average Bonchev–Trinajstić information content (AvgIpc) is 2.31. The van der Waals surface area contributed by atoms with Gasteiger partial charge >= 0.3 is 0 Å². The highest BCUT2D eigenvalue weighted by Gasteiger charge is 2.03. The molecule has 0 atom stereocenters. The molecule has 1 radical (unpaired) electrons. The van der Waals surface area contributed by atoms with E-state index in [1.807, 2.05) is 30.3 Å². The van der Waals surface area contributed by atoms with Gasteiger partial charge in [0.15, 0.2) is 11.5 Å². The van der Waals surface area contributed by atoms with Gasteiger partial charge in [0, 0.05) is 0 Å². The van der Waals surface area contributed by atoms with Crippen LogP contribution in [0.25, 0.3) is 11.1 Å². The first-order valence-electron chi connectivity index (χ1n) is 4.65. The molecule has 2 aromatic rings. The molecule has 0 aliphatic heterocycles. The van der Waals surface area contributed by atoms with Crippen molar-refractivity contribution in [3.63, 3.8) is 0 Å². The van der Waals surface area contributed by atoms with E-state index in [9.17, 15) is 5.11 Å². The summed E-state index contributed by atoms with van der Waals surface area (Å²) in [5.41, 5.74) is 2.05. The Morgan fingerprint density at radius 1 is 1.20 bits per heavy atom. The molecule has 0 heterocycles. The molecule has 75 valence electrons. The van der Waals surface area contributed by atoms with Gasteiger partial charge in [0.05, 0.1) is 7.11 Å². The lowest BCUT2D eigenvalue weighted by Gasteiger charge is -2.06. The number of methoxy groups -OCH3 is 1. The molecule has 15 heavy (non-hydrogen) atoms. The first-order valence-corrected chi connectivity index (χ1v) is 4.65. The van der Waals surface area contributed by atoms with Crippen LogP contribution < -0.4 is 4.74 Å². The molecule has 0 aliphatic carbocycles. The molecular weight excluding hydrogens is 188 g/mol. The van der Waals surface area contributed by atoms with Gasteiger partial charge in [0.1, 0.15) is 0 Å². The van der Waals surface area contributed by atoms with Gasteiger partial charge in [0.2, 0.25) is 0 Å². The molecular formula is C13H11O2. The van der Waals surface area contributed by atoms with Crippen molar-refractivity contribution in [2.75, 3.05) is 7.11 Å². The third-order valence-corrected chi connectivity index (χ3v) is 2.22. The van der Waals surface area contributed by atoms with E-state index in [1.165, 1.54) is 7.11 Å². The van der Waals surface area contributed by atoms with E-state index in [4.69, 9.17) is 4.74 Å². The van der Waals surface area contributed by atoms with Crippen LogP contribution in [0.3, 0.4) is 0 Å². The molecule has 0 aromatic heterocycles. The zero-order chi connectivity index (χ0) is 10.7. The van der Waals surface area contributed by atoms with Crippen LogP contribution in [-0.2, 0) is 0 Å². The van der Waals surface area contributed by atoms with Gasteiger partial charge in [-0.25, -0.2) is 0 Å². The van der Waals surface area contributed by atoms with Gasteiger partial charge in [-0.05, 0) is 35.4 Å². The predicted molar refractivity (Wildman–Crippen MR) is 58.9 cm³/mol. The maximum absolute atomic E-state index is 9.45. The Balaban J connectivity index is 2.46. The van der Waals surface area contributed by atoms with Crippen molar-refractivity contribution in [1.82, 2.24) is 0 Å². The molecule has 0 bridgehead atoms. The van der Waals surface area contributed by atoms with Crippen LogP contribution in [0, 0.1) is 6.07 Å². The summed E-state index contributed by atoms with van der Waals surface area (Å²) >= 11 is 0. The fraction of sp³-hybridized carbons (Fsp3) is 0.0769. The van der Waals surface area contributed by atoms with Crippen LogP contribution in [0.4, 0.5) is 0 Å². The number of phenols is 1. The van der Waals surface area contributed by atoms with Crippen molar-refractivity contribution in [2.24, 2.45) is 0 Å². The van der Waals surface area contributed by atoms with Crippen LogP contribution in [0.2, 0.25) is 0 Å². The fourth-order valence-electron chi connectivity index (χ4n) is 1.43. The van der Waals surface area contributed by atoms with E-state index in [0.717, 1.165) is 11.1 Å². The second kappa shape index (κ2) is 4.05. The normalized spacial score (nSPS) is 9.93. The molecule has 0 unspecified atom stereocenters. The number of aromatic hydroxyl groups is 1. The van der Waals surface area contributed by atoms with Crippen molar-refractivity contribution in [3.05, 3.63) is 48.5 Å². The number of phenolic OH excluding ortho intramolecular Hbond substituents is 1. The summed E-state index contributed by atoms with van der Waals surface area (Å²) in [6.45, 7) is 0. The molecule has 2 aromatic carbocycles. The Kier molecular flexibility index (Phi) is 2.59. The van der Waals surface area contributed by atoms with Crippen molar-refractivity contribution in [1.29, 1.82) is 0 Å². The van der Waals surface area contributed by atoms with E-state index >= 15 is 0 Å². The Hall–Kier alpha value is -1.96. The summed E-state index contributed by atoms with van der Waals surface area (Å²) in [7, 11) is 1.54. The average molecular weight is 199 g/mol. The van der Waals surface area contributed by atoms with Crippen LogP contribution in [-0.4, -0.2) is 12.2 Å². The third-order valence-electron chi connectivity index (χ3n) is 2.22. The van der Waals surface area contributed by atoms with E-state index in [0.29, 0.717) is 5.75 Å². The van der Waals surface area contributed by atoms with Crippen molar-refractivity contribution < 1.29 is 9.84 Å². The lowest BCUT2D eigenvalue weighted by atomic mass is 10.1. The lowest BCUT2D eigenvalue weighted by Crippen LogP contribution is -1.84. The topological polar surface area (TPSA) is 29.5 Å². The molecule has 0 saturated carbocycles. The van der Waals surface area contributed by atoms with E-state index < -0.39 is 0 Å². The molecule has 0 saturated heterocycles.